The van der Waals surface area contributed by atoms with E-state index in [0.717, 1.165) is 17.0 Å². The molecule has 0 aliphatic heterocycles. The Morgan fingerprint density at radius 2 is 2.04 bits per heavy atom. The summed E-state index contributed by atoms with van der Waals surface area (Å²) < 4.78 is 10.0. The number of rotatable bonds is 6. The number of aromatic nitrogens is 1. The smallest absolute Gasteiger partial charge is 0.346 e. The van der Waals surface area contributed by atoms with Crippen molar-refractivity contribution in [2.24, 2.45) is 0 Å². The van der Waals surface area contributed by atoms with Crippen LogP contribution in [0.1, 0.15) is 6.92 Å². The zero-order valence-corrected chi connectivity index (χ0v) is 13.6. The normalized spacial score (nSPS) is 11.6. The van der Waals surface area contributed by atoms with Crippen LogP contribution in [0.2, 0.25) is 0 Å². The van der Waals surface area contributed by atoms with Crippen molar-refractivity contribution in [1.82, 2.24) is 4.98 Å². The van der Waals surface area contributed by atoms with Crippen LogP contribution in [0.4, 0.5) is 15.8 Å². The fourth-order valence-corrected chi connectivity index (χ4v) is 2.49. The first kappa shape index (κ1) is 16.7. The van der Waals surface area contributed by atoms with Crippen LogP contribution in [0, 0.1) is 10.1 Å². The molecule has 2 rings (SSSR count). The average Bonchev–Trinajstić information content (AvgIpc) is 3.04. The Labute approximate surface area is 136 Å². The summed E-state index contributed by atoms with van der Waals surface area (Å²) in [4.78, 5) is 27.3. The molecule has 8 nitrogen and oxygen atoms in total. The lowest BCUT2D eigenvalue weighted by atomic mass is 10.3. The molecule has 1 unspecified atom stereocenters. The van der Waals surface area contributed by atoms with Gasteiger partial charge in [-0.1, -0.05) is 0 Å². The maximum atomic E-state index is 11.3. The number of thiazole rings is 1. The molecule has 0 N–H and O–H groups in total. The van der Waals surface area contributed by atoms with Gasteiger partial charge in [0.25, 0.3) is 0 Å². The van der Waals surface area contributed by atoms with Gasteiger partial charge in [0.05, 0.1) is 12.0 Å². The molecule has 23 heavy (non-hydrogen) atoms. The van der Waals surface area contributed by atoms with Crippen molar-refractivity contribution in [1.29, 1.82) is 0 Å². The van der Waals surface area contributed by atoms with Crippen molar-refractivity contribution in [3.05, 3.63) is 40.6 Å². The minimum absolute atomic E-state index is 0.0151. The number of carbonyl (C=O) groups excluding carboxylic acids is 1. The molecule has 122 valence electrons. The second-order valence-electron chi connectivity index (χ2n) is 4.57. The Bertz CT molecular complexity index is 701. The van der Waals surface area contributed by atoms with Gasteiger partial charge in [0.2, 0.25) is 0 Å². The third-order valence-corrected chi connectivity index (χ3v) is 4.04. The number of esters is 1. The summed E-state index contributed by atoms with van der Waals surface area (Å²) in [7, 11) is 3.06. The van der Waals surface area contributed by atoms with E-state index in [-0.39, 0.29) is 5.00 Å². The third kappa shape index (κ3) is 3.95. The molecule has 0 aliphatic carbocycles. The molecule has 0 aliphatic rings. The maximum Gasteiger partial charge on any atom is 0.346 e. The van der Waals surface area contributed by atoms with E-state index >= 15 is 0 Å². The van der Waals surface area contributed by atoms with E-state index in [0.29, 0.717) is 10.9 Å². The number of methoxy groups -OCH3 is 1. The molecule has 1 aromatic heterocycles. The fourth-order valence-electron chi connectivity index (χ4n) is 1.77. The molecule has 0 bridgehead atoms. The molecule has 1 heterocycles. The standard InChI is InChI=1S/C14H15N3O5S/c1-9(13(18)21-3)22-11-6-4-10(5-7-11)16(2)14-15-8-12(23-14)17(19)20/h4-9H,1-3H3. The topological polar surface area (TPSA) is 94.8 Å². The molecule has 0 radical (unpaired) electrons. The summed E-state index contributed by atoms with van der Waals surface area (Å²) >= 11 is 0.989. The van der Waals surface area contributed by atoms with E-state index in [9.17, 15) is 14.9 Å². The van der Waals surface area contributed by atoms with Crippen LogP contribution >= 0.6 is 11.3 Å². The monoisotopic (exact) mass is 337 g/mol. The van der Waals surface area contributed by atoms with E-state index in [1.165, 1.54) is 13.3 Å². The number of carbonyl (C=O) groups is 1. The number of hydrogen-bond acceptors (Lipinski definition) is 8. The maximum absolute atomic E-state index is 11.3. The van der Waals surface area contributed by atoms with Gasteiger partial charge in [-0.25, -0.2) is 9.78 Å². The quantitative estimate of drug-likeness (QED) is 0.454. The van der Waals surface area contributed by atoms with Crippen molar-refractivity contribution in [2.75, 3.05) is 19.1 Å². The van der Waals surface area contributed by atoms with Crippen LogP contribution in [0.3, 0.4) is 0 Å². The molecule has 1 atom stereocenters. The lowest BCUT2D eigenvalue weighted by Gasteiger charge is -2.17. The summed E-state index contributed by atoms with van der Waals surface area (Å²) in [5.74, 6) is 0.0615. The lowest BCUT2D eigenvalue weighted by molar-refractivity contribution is -0.380. The average molecular weight is 337 g/mol. The van der Waals surface area contributed by atoms with Gasteiger partial charge in [0, 0.05) is 12.7 Å². The zero-order chi connectivity index (χ0) is 17.0. The minimum atomic E-state index is -0.704. The lowest BCUT2D eigenvalue weighted by Crippen LogP contribution is -2.24. The number of benzene rings is 1. The minimum Gasteiger partial charge on any atom is -0.479 e. The van der Waals surface area contributed by atoms with E-state index in [1.807, 2.05) is 0 Å². The summed E-state index contributed by atoms with van der Waals surface area (Å²) in [6, 6.07) is 6.94. The van der Waals surface area contributed by atoms with Crippen LogP contribution in [0.15, 0.2) is 30.5 Å². The first-order valence-corrected chi connectivity index (χ1v) is 7.42. The van der Waals surface area contributed by atoms with Gasteiger partial charge in [-0.15, -0.1) is 0 Å². The summed E-state index contributed by atoms with van der Waals surface area (Å²) in [5, 5.41) is 11.2. The summed E-state index contributed by atoms with van der Waals surface area (Å²) in [6.45, 7) is 1.60. The van der Waals surface area contributed by atoms with Crippen LogP contribution in [-0.2, 0) is 9.53 Å². The van der Waals surface area contributed by atoms with Gasteiger partial charge in [-0.2, -0.15) is 0 Å². The highest BCUT2D eigenvalue weighted by Crippen LogP contribution is 2.32. The number of nitrogens with zero attached hydrogens (tertiary/aromatic N) is 3. The van der Waals surface area contributed by atoms with Gasteiger partial charge in [-0.05, 0) is 42.5 Å². The Morgan fingerprint density at radius 1 is 1.39 bits per heavy atom. The number of nitro groups is 1. The van der Waals surface area contributed by atoms with Gasteiger partial charge < -0.3 is 14.4 Å². The van der Waals surface area contributed by atoms with E-state index in [2.05, 4.69) is 9.72 Å². The molecule has 0 amide bonds. The molecule has 0 saturated heterocycles. The van der Waals surface area contributed by atoms with E-state index in [1.54, 1.807) is 43.1 Å². The molecular formula is C14H15N3O5S. The van der Waals surface area contributed by atoms with Gasteiger partial charge >= 0.3 is 11.0 Å². The van der Waals surface area contributed by atoms with Crippen molar-refractivity contribution in [2.45, 2.75) is 13.0 Å². The zero-order valence-electron chi connectivity index (χ0n) is 12.8. The van der Waals surface area contributed by atoms with Crippen molar-refractivity contribution >= 4 is 33.1 Å². The van der Waals surface area contributed by atoms with E-state index < -0.39 is 17.0 Å². The SMILES string of the molecule is COC(=O)C(C)Oc1ccc(N(C)c2ncc([N+](=O)[O-])s2)cc1. The third-order valence-electron chi connectivity index (χ3n) is 3.02. The highest BCUT2D eigenvalue weighted by atomic mass is 32.1. The highest BCUT2D eigenvalue weighted by Gasteiger charge is 2.17. The van der Waals surface area contributed by atoms with Crippen LogP contribution in [0.25, 0.3) is 0 Å². The number of anilines is 2. The predicted octanol–water partition coefficient (Wildman–Crippen LogP) is 2.76. The van der Waals surface area contributed by atoms with Crippen LogP contribution < -0.4 is 9.64 Å². The second kappa shape index (κ2) is 7.05. The van der Waals surface area contributed by atoms with Gasteiger partial charge in [0.15, 0.2) is 11.2 Å². The molecule has 2 aromatic rings. The summed E-state index contributed by atoms with van der Waals surface area (Å²) in [6.07, 6.45) is 0.525. The number of hydrogen-bond donors (Lipinski definition) is 0. The van der Waals surface area contributed by atoms with Gasteiger partial charge in [0.1, 0.15) is 11.9 Å². The Morgan fingerprint density at radius 3 is 2.57 bits per heavy atom. The Hall–Kier alpha value is -2.68. The highest BCUT2D eigenvalue weighted by molar-refractivity contribution is 7.18. The molecule has 1 aromatic carbocycles. The van der Waals surface area contributed by atoms with Crippen molar-refractivity contribution in [3.8, 4) is 5.75 Å². The van der Waals surface area contributed by atoms with Crippen molar-refractivity contribution < 1.29 is 19.2 Å². The summed E-state index contributed by atoms with van der Waals surface area (Å²) in [5.41, 5.74) is 0.785. The molecular weight excluding hydrogens is 322 g/mol. The molecule has 0 saturated carbocycles. The van der Waals surface area contributed by atoms with Crippen LogP contribution in [0.5, 0.6) is 5.75 Å². The Balaban J connectivity index is 2.09. The molecule has 0 spiro atoms. The van der Waals surface area contributed by atoms with E-state index in [4.69, 9.17) is 4.74 Å². The molecule has 9 heteroatoms. The van der Waals surface area contributed by atoms with Gasteiger partial charge in [-0.3, -0.25) is 10.1 Å². The fraction of sp³-hybridized carbons (Fsp3) is 0.286. The van der Waals surface area contributed by atoms with Crippen molar-refractivity contribution in [3.63, 3.8) is 0 Å². The Kier molecular flexibility index (Phi) is 5.12. The second-order valence-corrected chi connectivity index (χ2v) is 5.56. The van der Waals surface area contributed by atoms with Crippen LogP contribution in [-0.4, -0.2) is 36.1 Å². The first-order chi connectivity index (χ1) is 10.9. The number of ether oxygens (including phenoxy) is 2. The molecule has 0 fully saturated rings. The predicted molar refractivity (Wildman–Crippen MR) is 85.4 cm³/mol. The largest absolute Gasteiger partial charge is 0.479 e. The first-order valence-electron chi connectivity index (χ1n) is 6.61.